The van der Waals surface area contributed by atoms with Crippen LogP contribution in [0.1, 0.15) is 55.6 Å². The number of nitrogens with one attached hydrogen (secondary N) is 2. The Morgan fingerprint density at radius 3 is 2.81 bits per heavy atom. The number of rotatable bonds is 3. The highest BCUT2D eigenvalue weighted by Crippen LogP contribution is 2.38. The largest absolute Gasteiger partial charge is 0.351 e. The van der Waals surface area contributed by atoms with Gasteiger partial charge in [0.05, 0.1) is 12.7 Å². The number of carbonyl (C=O) groups is 1. The molecular formula is C16H23N4O+. The van der Waals surface area contributed by atoms with Crippen molar-refractivity contribution in [2.75, 3.05) is 6.54 Å². The summed E-state index contributed by atoms with van der Waals surface area (Å²) in [6.07, 6.45) is 6.22. The number of fused-ring (bicyclic) bond motifs is 1. The van der Waals surface area contributed by atoms with Crippen LogP contribution in [-0.2, 0) is 7.05 Å². The number of hydrogen-bond donors (Lipinski definition) is 2. The van der Waals surface area contributed by atoms with Gasteiger partial charge < -0.3 is 5.32 Å². The fourth-order valence-electron chi connectivity index (χ4n) is 2.40. The first-order valence-electron chi connectivity index (χ1n) is 7.51. The number of nitrogens with zero attached hydrogens (tertiary/aromatic N) is 2. The van der Waals surface area contributed by atoms with E-state index in [1.54, 1.807) is 6.20 Å². The van der Waals surface area contributed by atoms with E-state index in [0.29, 0.717) is 18.0 Å². The highest BCUT2D eigenvalue weighted by Gasteiger charge is 2.29. The predicted molar refractivity (Wildman–Crippen MR) is 81.0 cm³/mol. The van der Waals surface area contributed by atoms with Crippen molar-refractivity contribution in [3.63, 3.8) is 0 Å². The molecule has 1 aliphatic rings. The molecule has 3 rings (SSSR count). The molecule has 2 heterocycles. The van der Waals surface area contributed by atoms with Gasteiger partial charge in [0.1, 0.15) is 18.0 Å². The quantitative estimate of drug-likeness (QED) is 0.849. The van der Waals surface area contributed by atoms with Gasteiger partial charge in [0.2, 0.25) is 0 Å². The number of carbonyl (C=O) groups excluding carboxylic acids is 1. The molecule has 1 fully saturated rings. The Bertz CT molecular complexity index is 692. The van der Waals surface area contributed by atoms with Crippen molar-refractivity contribution in [2.45, 2.75) is 39.5 Å². The van der Waals surface area contributed by atoms with Crippen LogP contribution in [0.5, 0.6) is 0 Å². The van der Waals surface area contributed by atoms with Crippen LogP contribution < -0.4 is 9.88 Å². The minimum Gasteiger partial charge on any atom is -0.351 e. The molecule has 2 aromatic heterocycles. The van der Waals surface area contributed by atoms with Gasteiger partial charge in [-0.05, 0) is 18.3 Å². The molecule has 0 saturated heterocycles. The van der Waals surface area contributed by atoms with Gasteiger partial charge in [0.15, 0.2) is 5.52 Å². The lowest BCUT2D eigenvalue weighted by Gasteiger charge is -2.18. The first-order chi connectivity index (χ1) is 9.85. The minimum absolute atomic E-state index is 0.0587. The first kappa shape index (κ1) is 14.0. The SMILES string of the molecule is C[n+]1cc(C2CC2)nc2c(C(=O)NCC(C)(C)C)c[nH]c21. The molecule has 5 heteroatoms. The topological polar surface area (TPSA) is 61.7 Å². The van der Waals surface area contributed by atoms with E-state index in [2.05, 4.69) is 37.3 Å². The van der Waals surface area contributed by atoms with Crippen LogP contribution in [0.2, 0.25) is 0 Å². The summed E-state index contributed by atoms with van der Waals surface area (Å²) in [6, 6.07) is 0. The van der Waals surface area contributed by atoms with Crippen LogP contribution >= 0.6 is 0 Å². The number of H-pyrrole nitrogens is 1. The molecule has 112 valence electrons. The molecule has 0 unspecified atom stereocenters. The maximum Gasteiger partial charge on any atom is 0.306 e. The lowest BCUT2D eigenvalue weighted by atomic mass is 9.97. The zero-order valence-electron chi connectivity index (χ0n) is 13.2. The smallest absolute Gasteiger partial charge is 0.306 e. The molecule has 1 amide bonds. The van der Waals surface area contributed by atoms with E-state index in [4.69, 9.17) is 4.98 Å². The Balaban J connectivity index is 1.93. The molecule has 2 aromatic rings. The van der Waals surface area contributed by atoms with E-state index < -0.39 is 0 Å². The van der Waals surface area contributed by atoms with Crippen LogP contribution in [0, 0.1) is 5.41 Å². The van der Waals surface area contributed by atoms with Crippen molar-refractivity contribution in [1.82, 2.24) is 15.3 Å². The molecule has 0 atom stereocenters. The maximum absolute atomic E-state index is 12.4. The highest BCUT2D eigenvalue weighted by atomic mass is 16.1. The van der Waals surface area contributed by atoms with Gasteiger partial charge >= 0.3 is 5.65 Å². The van der Waals surface area contributed by atoms with E-state index in [0.717, 1.165) is 16.9 Å². The second-order valence-corrected chi connectivity index (χ2v) is 7.19. The van der Waals surface area contributed by atoms with Gasteiger partial charge in [-0.25, -0.2) is 14.5 Å². The monoisotopic (exact) mass is 287 g/mol. The maximum atomic E-state index is 12.4. The van der Waals surface area contributed by atoms with Gasteiger partial charge in [-0.1, -0.05) is 20.8 Å². The Hall–Kier alpha value is -1.91. The standard InChI is InChI=1S/C16H22N4O/c1-16(2,3)9-18-15(21)11-7-17-14-13(11)19-12(8-20(14)4)10-5-6-10/h7-8,10H,5-6,9H2,1-4H3,(H,18,21)/p+1. The van der Waals surface area contributed by atoms with Crippen molar-refractivity contribution in [2.24, 2.45) is 12.5 Å². The highest BCUT2D eigenvalue weighted by molar-refractivity contribution is 6.03. The van der Waals surface area contributed by atoms with E-state index in [1.807, 2.05) is 11.6 Å². The van der Waals surface area contributed by atoms with Gasteiger partial charge in [0, 0.05) is 12.5 Å². The number of hydrogen-bond acceptors (Lipinski definition) is 2. The molecule has 21 heavy (non-hydrogen) atoms. The lowest BCUT2D eigenvalue weighted by molar-refractivity contribution is -0.647. The minimum atomic E-state index is -0.0587. The third kappa shape index (κ3) is 2.91. The average Bonchev–Trinajstić information content (AvgIpc) is 3.15. The summed E-state index contributed by atoms with van der Waals surface area (Å²) in [6.45, 7) is 6.96. The summed E-state index contributed by atoms with van der Waals surface area (Å²) in [5.74, 6) is 0.512. The Morgan fingerprint density at radius 1 is 1.48 bits per heavy atom. The Labute approximate surface area is 124 Å². The van der Waals surface area contributed by atoms with Crippen molar-refractivity contribution in [3.05, 3.63) is 23.7 Å². The van der Waals surface area contributed by atoms with Crippen molar-refractivity contribution >= 4 is 17.1 Å². The molecule has 0 radical (unpaired) electrons. The Morgan fingerprint density at radius 2 is 2.19 bits per heavy atom. The average molecular weight is 287 g/mol. The van der Waals surface area contributed by atoms with E-state index >= 15 is 0 Å². The van der Waals surface area contributed by atoms with Gasteiger partial charge in [-0.2, -0.15) is 0 Å². The summed E-state index contributed by atoms with van der Waals surface area (Å²) in [4.78, 5) is 20.3. The van der Waals surface area contributed by atoms with Gasteiger partial charge in [0.25, 0.3) is 5.91 Å². The molecule has 0 aromatic carbocycles. The second-order valence-electron chi connectivity index (χ2n) is 7.19. The summed E-state index contributed by atoms with van der Waals surface area (Å²) in [7, 11) is 1.99. The zero-order chi connectivity index (χ0) is 15.2. The molecule has 0 aliphatic heterocycles. The number of aryl methyl sites for hydroxylation is 1. The summed E-state index contributed by atoms with van der Waals surface area (Å²) < 4.78 is 2.02. The van der Waals surface area contributed by atoms with Crippen molar-refractivity contribution in [1.29, 1.82) is 0 Å². The van der Waals surface area contributed by atoms with Crippen LogP contribution in [-0.4, -0.2) is 22.4 Å². The summed E-state index contributed by atoms with van der Waals surface area (Å²) in [5.41, 5.74) is 3.45. The Kier molecular flexibility index (Phi) is 3.23. The third-order valence-electron chi connectivity index (χ3n) is 3.77. The van der Waals surface area contributed by atoms with Gasteiger partial charge in [-0.3, -0.25) is 4.79 Å². The van der Waals surface area contributed by atoms with E-state index in [-0.39, 0.29) is 11.3 Å². The third-order valence-corrected chi connectivity index (χ3v) is 3.77. The van der Waals surface area contributed by atoms with Crippen LogP contribution in [0.3, 0.4) is 0 Å². The number of amides is 1. The number of aromatic nitrogens is 3. The summed E-state index contributed by atoms with van der Waals surface area (Å²) >= 11 is 0. The van der Waals surface area contributed by atoms with Gasteiger partial charge in [-0.15, -0.1) is 0 Å². The summed E-state index contributed by atoms with van der Waals surface area (Å²) in [5, 5.41) is 2.99. The van der Waals surface area contributed by atoms with Crippen molar-refractivity contribution < 1.29 is 9.36 Å². The molecule has 1 aliphatic carbocycles. The van der Waals surface area contributed by atoms with E-state index in [1.165, 1.54) is 12.8 Å². The fourth-order valence-corrected chi connectivity index (χ4v) is 2.40. The fraction of sp³-hybridized carbons (Fsp3) is 0.562. The van der Waals surface area contributed by atoms with Crippen LogP contribution in [0.15, 0.2) is 12.4 Å². The van der Waals surface area contributed by atoms with E-state index in [9.17, 15) is 4.79 Å². The predicted octanol–water partition coefficient (Wildman–Crippen LogP) is 2.04. The lowest BCUT2D eigenvalue weighted by Crippen LogP contribution is -2.33. The molecule has 1 saturated carbocycles. The zero-order valence-corrected chi connectivity index (χ0v) is 13.2. The second kappa shape index (κ2) is 4.83. The normalized spacial score (nSPS) is 15.4. The van der Waals surface area contributed by atoms with Crippen LogP contribution in [0.25, 0.3) is 11.2 Å². The first-order valence-corrected chi connectivity index (χ1v) is 7.51. The molecular weight excluding hydrogens is 264 g/mol. The van der Waals surface area contributed by atoms with Crippen LogP contribution in [0.4, 0.5) is 0 Å². The molecule has 0 spiro atoms. The molecule has 2 N–H and O–H groups in total. The van der Waals surface area contributed by atoms with Crippen molar-refractivity contribution in [3.8, 4) is 0 Å². The molecule has 0 bridgehead atoms. The molecule has 5 nitrogen and oxygen atoms in total. The number of aromatic amines is 1.